The van der Waals surface area contributed by atoms with E-state index >= 15 is 0 Å². The molecular weight excluding hydrogens is 206 g/mol. The SMILES string of the molecule is CN(CCO)Cc1nc2c(N)cccc2o1. The number of rotatable bonds is 4. The number of hydrogen-bond acceptors (Lipinski definition) is 5. The van der Waals surface area contributed by atoms with E-state index in [1.54, 1.807) is 6.07 Å². The molecule has 5 heteroatoms. The standard InChI is InChI=1S/C11H15N3O2/c1-14(5-6-15)7-10-13-11-8(12)3-2-4-9(11)16-10/h2-4,15H,5-7,12H2,1H3. The van der Waals surface area contributed by atoms with Gasteiger partial charge in [0.25, 0.3) is 0 Å². The number of oxazole rings is 1. The number of fused-ring (bicyclic) bond motifs is 1. The molecule has 0 bridgehead atoms. The first kappa shape index (κ1) is 10.9. The van der Waals surface area contributed by atoms with E-state index in [4.69, 9.17) is 15.3 Å². The predicted molar refractivity (Wildman–Crippen MR) is 61.8 cm³/mol. The minimum absolute atomic E-state index is 0.124. The number of nitrogens with zero attached hydrogens (tertiary/aromatic N) is 2. The minimum atomic E-state index is 0.124. The number of aromatic nitrogens is 1. The van der Waals surface area contributed by atoms with E-state index in [1.807, 2.05) is 24.1 Å². The van der Waals surface area contributed by atoms with Gasteiger partial charge in [0.05, 0.1) is 18.8 Å². The Labute approximate surface area is 93.5 Å². The Bertz CT molecular complexity index is 481. The average Bonchev–Trinajstić information content (AvgIpc) is 2.62. The Hall–Kier alpha value is -1.59. The second-order valence-electron chi connectivity index (χ2n) is 3.76. The number of nitrogens with two attached hydrogens (primary N) is 1. The molecule has 16 heavy (non-hydrogen) atoms. The van der Waals surface area contributed by atoms with Gasteiger partial charge in [-0.25, -0.2) is 4.98 Å². The van der Waals surface area contributed by atoms with Crippen molar-refractivity contribution in [1.29, 1.82) is 0 Å². The average molecular weight is 221 g/mol. The van der Waals surface area contributed by atoms with Crippen LogP contribution in [0.2, 0.25) is 0 Å². The van der Waals surface area contributed by atoms with Gasteiger partial charge >= 0.3 is 0 Å². The van der Waals surface area contributed by atoms with Gasteiger partial charge in [-0.2, -0.15) is 0 Å². The summed E-state index contributed by atoms with van der Waals surface area (Å²) in [7, 11) is 1.90. The van der Waals surface area contributed by atoms with Crippen LogP contribution in [-0.4, -0.2) is 35.2 Å². The van der Waals surface area contributed by atoms with Crippen molar-refractivity contribution in [2.75, 3.05) is 25.9 Å². The van der Waals surface area contributed by atoms with E-state index in [-0.39, 0.29) is 6.61 Å². The normalized spacial score (nSPS) is 11.4. The summed E-state index contributed by atoms with van der Waals surface area (Å²) in [6.07, 6.45) is 0. The van der Waals surface area contributed by atoms with E-state index in [9.17, 15) is 0 Å². The van der Waals surface area contributed by atoms with E-state index < -0.39 is 0 Å². The lowest BCUT2D eigenvalue weighted by Crippen LogP contribution is -2.21. The quantitative estimate of drug-likeness (QED) is 0.748. The van der Waals surface area contributed by atoms with Gasteiger partial charge in [-0.1, -0.05) is 6.07 Å². The maximum atomic E-state index is 8.79. The number of aliphatic hydroxyl groups excluding tert-OH is 1. The molecule has 3 N–H and O–H groups in total. The van der Waals surface area contributed by atoms with E-state index in [0.717, 1.165) is 0 Å². The summed E-state index contributed by atoms with van der Waals surface area (Å²) in [5, 5.41) is 8.79. The summed E-state index contributed by atoms with van der Waals surface area (Å²) in [6, 6.07) is 5.48. The molecular formula is C11H15N3O2. The monoisotopic (exact) mass is 221 g/mol. The molecule has 0 aliphatic rings. The first-order valence-electron chi connectivity index (χ1n) is 5.14. The molecule has 0 amide bonds. The number of hydrogen-bond donors (Lipinski definition) is 2. The van der Waals surface area contributed by atoms with E-state index in [0.29, 0.717) is 35.8 Å². The third-order valence-corrected chi connectivity index (χ3v) is 2.38. The molecule has 0 radical (unpaired) electrons. The molecule has 0 fully saturated rings. The van der Waals surface area contributed by atoms with Crippen molar-refractivity contribution in [3.63, 3.8) is 0 Å². The Balaban J connectivity index is 2.23. The molecule has 86 valence electrons. The van der Waals surface area contributed by atoms with Crippen LogP contribution in [0.3, 0.4) is 0 Å². The van der Waals surface area contributed by atoms with Crippen molar-refractivity contribution in [3.8, 4) is 0 Å². The van der Waals surface area contributed by atoms with Crippen molar-refractivity contribution in [2.45, 2.75) is 6.54 Å². The minimum Gasteiger partial charge on any atom is -0.439 e. The summed E-state index contributed by atoms with van der Waals surface area (Å²) >= 11 is 0. The van der Waals surface area contributed by atoms with Crippen LogP contribution in [-0.2, 0) is 6.54 Å². The highest BCUT2D eigenvalue weighted by molar-refractivity contribution is 5.85. The highest BCUT2D eigenvalue weighted by Crippen LogP contribution is 2.21. The predicted octanol–water partition coefficient (Wildman–Crippen LogP) is 0.834. The first-order chi connectivity index (χ1) is 7.70. The van der Waals surface area contributed by atoms with Crippen LogP contribution in [0.4, 0.5) is 5.69 Å². The highest BCUT2D eigenvalue weighted by Gasteiger charge is 2.09. The summed E-state index contributed by atoms with van der Waals surface area (Å²) in [4.78, 5) is 6.25. The molecule has 5 nitrogen and oxygen atoms in total. The van der Waals surface area contributed by atoms with Gasteiger partial charge in [0, 0.05) is 6.54 Å². The van der Waals surface area contributed by atoms with Gasteiger partial charge in [-0.3, -0.25) is 4.90 Å². The smallest absolute Gasteiger partial charge is 0.209 e. The Kier molecular flexibility index (Phi) is 3.07. The number of para-hydroxylation sites is 1. The van der Waals surface area contributed by atoms with Gasteiger partial charge in [0.1, 0.15) is 5.52 Å². The molecule has 2 rings (SSSR count). The summed E-state index contributed by atoms with van der Waals surface area (Å²) in [5.41, 5.74) is 7.81. The molecule has 0 aliphatic carbocycles. The lowest BCUT2D eigenvalue weighted by Gasteiger charge is -2.11. The van der Waals surface area contributed by atoms with Crippen molar-refractivity contribution >= 4 is 16.8 Å². The van der Waals surface area contributed by atoms with Crippen LogP contribution < -0.4 is 5.73 Å². The maximum absolute atomic E-state index is 8.79. The van der Waals surface area contributed by atoms with Gasteiger partial charge in [-0.05, 0) is 19.2 Å². The van der Waals surface area contributed by atoms with Crippen molar-refractivity contribution < 1.29 is 9.52 Å². The molecule has 0 atom stereocenters. The molecule has 0 unspecified atom stereocenters. The number of anilines is 1. The third kappa shape index (κ3) is 2.15. The van der Waals surface area contributed by atoms with Gasteiger partial charge in [0.15, 0.2) is 5.58 Å². The van der Waals surface area contributed by atoms with Crippen LogP contribution in [0.15, 0.2) is 22.6 Å². The fraction of sp³-hybridized carbons (Fsp3) is 0.364. The number of aliphatic hydroxyl groups is 1. The Morgan fingerprint density at radius 2 is 2.31 bits per heavy atom. The topological polar surface area (TPSA) is 75.5 Å². The van der Waals surface area contributed by atoms with Crippen LogP contribution >= 0.6 is 0 Å². The van der Waals surface area contributed by atoms with Crippen LogP contribution in [0, 0.1) is 0 Å². The molecule has 1 aromatic carbocycles. The maximum Gasteiger partial charge on any atom is 0.209 e. The number of benzene rings is 1. The number of likely N-dealkylation sites (N-methyl/N-ethyl adjacent to an activating group) is 1. The van der Waals surface area contributed by atoms with Gasteiger partial charge in [-0.15, -0.1) is 0 Å². The molecule has 2 aromatic rings. The van der Waals surface area contributed by atoms with Crippen LogP contribution in [0.5, 0.6) is 0 Å². The second-order valence-corrected chi connectivity index (χ2v) is 3.76. The lowest BCUT2D eigenvalue weighted by molar-refractivity contribution is 0.207. The van der Waals surface area contributed by atoms with Crippen molar-refractivity contribution in [3.05, 3.63) is 24.1 Å². The molecule has 0 saturated carbocycles. The Morgan fingerprint density at radius 3 is 3.00 bits per heavy atom. The summed E-state index contributed by atoms with van der Waals surface area (Å²) in [6.45, 7) is 1.28. The second kappa shape index (κ2) is 4.51. The summed E-state index contributed by atoms with van der Waals surface area (Å²) in [5.74, 6) is 0.615. The van der Waals surface area contributed by atoms with Crippen molar-refractivity contribution in [2.24, 2.45) is 0 Å². The molecule has 1 heterocycles. The molecule has 0 spiro atoms. The zero-order valence-corrected chi connectivity index (χ0v) is 9.18. The first-order valence-corrected chi connectivity index (χ1v) is 5.14. The highest BCUT2D eigenvalue weighted by atomic mass is 16.3. The van der Waals surface area contributed by atoms with E-state index in [2.05, 4.69) is 4.98 Å². The van der Waals surface area contributed by atoms with Gasteiger partial charge < -0.3 is 15.3 Å². The zero-order chi connectivity index (χ0) is 11.5. The van der Waals surface area contributed by atoms with E-state index in [1.165, 1.54) is 0 Å². The van der Waals surface area contributed by atoms with Crippen molar-refractivity contribution in [1.82, 2.24) is 9.88 Å². The molecule has 0 aliphatic heterocycles. The summed E-state index contributed by atoms with van der Waals surface area (Å²) < 4.78 is 5.55. The Morgan fingerprint density at radius 1 is 1.50 bits per heavy atom. The molecule has 0 saturated heterocycles. The van der Waals surface area contributed by atoms with Gasteiger partial charge in [0.2, 0.25) is 5.89 Å². The van der Waals surface area contributed by atoms with Crippen LogP contribution in [0.25, 0.3) is 11.1 Å². The molecule has 1 aromatic heterocycles. The largest absolute Gasteiger partial charge is 0.439 e. The zero-order valence-electron chi connectivity index (χ0n) is 9.18. The van der Waals surface area contributed by atoms with Crippen LogP contribution in [0.1, 0.15) is 5.89 Å². The number of nitrogen functional groups attached to an aromatic ring is 1. The lowest BCUT2D eigenvalue weighted by atomic mass is 10.3. The third-order valence-electron chi connectivity index (χ3n) is 2.38. The fourth-order valence-electron chi connectivity index (χ4n) is 1.56. The fourth-order valence-corrected chi connectivity index (χ4v) is 1.56.